The minimum atomic E-state index is 0.602. The summed E-state index contributed by atoms with van der Waals surface area (Å²) in [7, 11) is 0. The maximum Gasteiger partial charge on any atom is 0.0302 e. The van der Waals surface area contributed by atoms with Gasteiger partial charge < -0.3 is 5.32 Å². The standard InChI is InChI=1S/C9H17N/c1-4-10-9(7(2)3)8-5-6-8/h8-10H,2,4-6H2,1,3H3. The first-order valence-electron chi connectivity index (χ1n) is 4.14. The Kier molecular flexibility index (Phi) is 2.50. The molecule has 0 spiro atoms. The summed E-state index contributed by atoms with van der Waals surface area (Å²) in [5.41, 5.74) is 1.30. The van der Waals surface area contributed by atoms with Crippen LogP contribution in [0.1, 0.15) is 26.7 Å². The van der Waals surface area contributed by atoms with Crippen LogP contribution >= 0.6 is 0 Å². The van der Waals surface area contributed by atoms with E-state index in [1.54, 1.807) is 0 Å². The van der Waals surface area contributed by atoms with Crippen molar-refractivity contribution >= 4 is 0 Å². The van der Waals surface area contributed by atoms with E-state index in [2.05, 4.69) is 25.7 Å². The molecule has 0 saturated heterocycles. The molecule has 1 heteroatoms. The third-order valence-electron chi connectivity index (χ3n) is 2.05. The van der Waals surface area contributed by atoms with Gasteiger partial charge in [0, 0.05) is 6.04 Å². The van der Waals surface area contributed by atoms with Gasteiger partial charge in [-0.25, -0.2) is 0 Å². The lowest BCUT2D eigenvalue weighted by Gasteiger charge is -2.16. The summed E-state index contributed by atoms with van der Waals surface area (Å²) in [6.07, 6.45) is 2.79. The van der Waals surface area contributed by atoms with Gasteiger partial charge in [-0.2, -0.15) is 0 Å². The van der Waals surface area contributed by atoms with Crippen LogP contribution in [0.3, 0.4) is 0 Å². The summed E-state index contributed by atoms with van der Waals surface area (Å²) >= 11 is 0. The molecule has 0 aromatic rings. The maximum atomic E-state index is 3.97. The maximum absolute atomic E-state index is 3.97. The molecule has 1 fully saturated rings. The highest BCUT2D eigenvalue weighted by atomic mass is 14.9. The number of likely N-dealkylation sites (N-methyl/N-ethyl adjacent to an activating group) is 1. The molecule has 0 aliphatic heterocycles. The summed E-state index contributed by atoms with van der Waals surface area (Å²) in [5, 5.41) is 3.44. The highest BCUT2D eigenvalue weighted by molar-refractivity contribution is 5.07. The quantitative estimate of drug-likeness (QED) is 0.587. The fourth-order valence-corrected chi connectivity index (χ4v) is 1.39. The Morgan fingerprint density at radius 2 is 2.30 bits per heavy atom. The molecule has 1 nitrogen and oxygen atoms in total. The minimum Gasteiger partial charge on any atom is -0.310 e. The number of hydrogen-bond donors (Lipinski definition) is 1. The Balaban J connectivity index is 2.34. The minimum absolute atomic E-state index is 0.602. The van der Waals surface area contributed by atoms with Crippen LogP contribution in [0.15, 0.2) is 12.2 Å². The molecule has 1 aliphatic carbocycles. The molecule has 0 radical (unpaired) electrons. The first-order chi connectivity index (χ1) is 4.75. The second-order valence-corrected chi connectivity index (χ2v) is 3.22. The van der Waals surface area contributed by atoms with E-state index in [4.69, 9.17) is 0 Å². The average Bonchev–Trinajstić information content (AvgIpc) is 2.63. The van der Waals surface area contributed by atoms with Gasteiger partial charge in [0.2, 0.25) is 0 Å². The van der Waals surface area contributed by atoms with Crippen LogP contribution in [0.4, 0.5) is 0 Å². The molecule has 0 bridgehead atoms. The van der Waals surface area contributed by atoms with Crippen molar-refractivity contribution in [2.24, 2.45) is 5.92 Å². The zero-order valence-electron chi connectivity index (χ0n) is 6.98. The molecule has 58 valence electrons. The highest BCUT2D eigenvalue weighted by Crippen LogP contribution is 2.34. The molecular weight excluding hydrogens is 122 g/mol. The van der Waals surface area contributed by atoms with Crippen molar-refractivity contribution in [3.63, 3.8) is 0 Å². The van der Waals surface area contributed by atoms with Gasteiger partial charge in [-0.1, -0.05) is 19.1 Å². The molecule has 0 amide bonds. The van der Waals surface area contributed by atoms with Crippen molar-refractivity contribution in [1.82, 2.24) is 5.32 Å². The fourth-order valence-electron chi connectivity index (χ4n) is 1.39. The average molecular weight is 139 g/mol. The Labute approximate surface area is 63.5 Å². The summed E-state index contributed by atoms with van der Waals surface area (Å²) < 4.78 is 0. The van der Waals surface area contributed by atoms with Crippen molar-refractivity contribution in [3.05, 3.63) is 12.2 Å². The molecule has 10 heavy (non-hydrogen) atoms. The summed E-state index contributed by atoms with van der Waals surface area (Å²) in [4.78, 5) is 0. The van der Waals surface area contributed by atoms with Crippen LogP contribution in [-0.4, -0.2) is 12.6 Å². The Morgan fingerprint density at radius 1 is 1.70 bits per heavy atom. The van der Waals surface area contributed by atoms with Gasteiger partial charge in [-0.15, -0.1) is 0 Å². The van der Waals surface area contributed by atoms with Crippen molar-refractivity contribution in [2.45, 2.75) is 32.7 Å². The van der Waals surface area contributed by atoms with E-state index < -0.39 is 0 Å². The third-order valence-corrected chi connectivity index (χ3v) is 2.05. The van der Waals surface area contributed by atoms with Gasteiger partial charge >= 0.3 is 0 Å². The summed E-state index contributed by atoms with van der Waals surface area (Å²) in [6, 6.07) is 0.602. The molecule has 0 aromatic heterocycles. The van der Waals surface area contributed by atoms with Crippen LogP contribution in [0.5, 0.6) is 0 Å². The van der Waals surface area contributed by atoms with Gasteiger partial charge in [-0.3, -0.25) is 0 Å². The molecule has 1 N–H and O–H groups in total. The zero-order chi connectivity index (χ0) is 7.56. The van der Waals surface area contributed by atoms with Gasteiger partial charge in [0.1, 0.15) is 0 Å². The van der Waals surface area contributed by atoms with Crippen LogP contribution < -0.4 is 5.32 Å². The molecule has 1 atom stereocenters. The molecule has 1 rings (SSSR count). The van der Waals surface area contributed by atoms with E-state index in [0.717, 1.165) is 12.5 Å². The lowest BCUT2D eigenvalue weighted by molar-refractivity contribution is 0.535. The third kappa shape index (κ3) is 1.84. The second-order valence-electron chi connectivity index (χ2n) is 3.22. The second kappa shape index (κ2) is 3.20. The predicted octanol–water partition coefficient (Wildman–Crippen LogP) is 1.95. The van der Waals surface area contributed by atoms with Gasteiger partial charge in [0.15, 0.2) is 0 Å². The fraction of sp³-hybridized carbons (Fsp3) is 0.778. The first-order valence-corrected chi connectivity index (χ1v) is 4.14. The van der Waals surface area contributed by atoms with Crippen molar-refractivity contribution < 1.29 is 0 Å². The normalized spacial score (nSPS) is 20.6. The Hall–Kier alpha value is -0.300. The molecular formula is C9H17N. The van der Waals surface area contributed by atoms with Crippen LogP contribution in [0, 0.1) is 5.92 Å². The van der Waals surface area contributed by atoms with E-state index >= 15 is 0 Å². The number of rotatable bonds is 4. The smallest absolute Gasteiger partial charge is 0.0302 e. The van der Waals surface area contributed by atoms with Crippen LogP contribution in [0.25, 0.3) is 0 Å². The summed E-state index contributed by atoms with van der Waals surface area (Å²) in [5.74, 6) is 0.900. The largest absolute Gasteiger partial charge is 0.310 e. The van der Waals surface area contributed by atoms with Crippen molar-refractivity contribution in [2.75, 3.05) is 6.54 Å². The molecule has 1 unspecified atom stereocenters. The zero-order valence-corrected chi connectivity index (χ0v) is 6.98. The van der Waals surface area contributed by atoms with E-state index in [-0.39, 0.29) is 0 Å². The summed E-state index contributed by atoms with van der Waals surface area (Å²) in [6.45, 7) is 9.30. The number of hydrogen-bond acceptors (Lipinski definition) is 1. The van der Waals surface area contributed by atoms with Crippen LogP contribution in [-0.2, 0) is 0 Å². The van der Waals surface area contributed by atoms with E-state index in [9.17, 15) is 0 Å². The van der Waals surface area contributed by atoms with Gasteiger partial charge in [0.05, 0.1) is 0 Å². The topological polar surface area (TPSA) is 12.0 Å². The van der Waals surface area contributed by atoms with Gasteiger partial charge in [0.25, 0.3) is 0 Å². The van der Waals surface area contributed by atoms with Crippen LogP contribution in [0.2, 0.25) is 0 Å². The molecule has 0 heterocycles. The molecule has 1 aliphatic rings. The van der Waals surface area contributed by atoms with Crippen molar-refractivity contribution in [3.8, 4) is 0 Å². The lowest BCUT2D eigenvalue weighted by Crippen LogP contribution is -2.31. The lowest BCUT2D eigenvalue weighted by atomic mass is 10.1. The predicted molar refractivity (Wildman–Crippen MR) is 45.0 cm³/mol. The number of nitrogens with one attached hydrogen (secondary N) is 1. The molecule has 1 saturated carbocycles. The first kappa shape index (κ1) is 7.80. The monoisotopic (exact) mass is 139 g/mol. The van der Waals surface area contributed by atoms with Crippen molar-refractivity contribution in [1.29, 1.82) is 0 Å². The highest BCUT2D eigenvalue weighted by Gasteiger charge is 2.30. The Bertz CT molecular complexity index is 125. The van der Waals surface area contributed by atoms with Gasteiger partial charge in [-0.05, 0) is 32.2 Å². The van der Waals surface area contributed by atoms with E-state index in [1.165, 1.54) is 18.4 Å². The Morgan fingerprint density at radius 3 is 2.60 bits per heavy atom. The van der Waals surface area contributed by atoms with E-state index in [1.807, 2.05) is 0 Å². The van der Waals surface area contributed by atoms with E-state index in [0.29, 0.717) is 6.04 Å². The SMILES string of the molecule is C=C(C)C(NCC)C1CC1. The molecule has 0 aromatic carbocycles.